The maximum Gasteiger partial charge on any atom is 0.133 e. The number of benzene rings is 1. The lowest BCUT2D eigenvalue weighted by Gasteiger charge is -2.47. The third kappa shape index (κ3) is 3.93. The van der Waals surface area contributed by atoms with Crippen molar-refractivity contribution in [2.75, 3.05) is 0 Å². The number of phenols is 1. The van der Waals surface area contributed by atoms with Crippen LogP contribution in [-0.4, -0.2) is 16.5 Å². The van der Waals surface area contributed by atoms with E-state index in [9.17, 15) is 9.90 Å². The molecule has 0 unspecified atom stereocenters. The van der Waals surface area contributed by atoms with E-state index in [0.29, 0.717) is 18.6 Å². The molecule has 0 radical (unpaired) electrons. The molecule has 1 N–H and O–H groups in total. The molecule has 0 saturated heterocycles. The first-order valence-electron chi connectivity index (χ1n) is 10.4. The summed E-state index contributed by atoms with van der Waals surface area (Å²) in [5.74, 6) is 1.64. The van der Waals surface area contributed by atoms with E-state index in [1.807, 2.05) is 6.07 Å². The molecule has 3 nitrogen and oxygen atoms in total. The van der Waals surface area contributed by atoms with Crippen LogP contribution in [0.3, 0.4) is 0 Å². The van der Waals surface area contributed by atoms with Crippen molar-refractivity contribution in [3.05, 3.63) is 35.4 Å². The summed E-state index contributed by atoms with van der Waals surface area (Å²) in [5.41, 5.74) is 1.36. The highest BCUT2D eigenvalue weighted by Crippen LogP contribution is 2.54. The lowest BCUT2D eigenvalue weighted by atomic mass is 9.66. The fourth-order valence-corrected chi connectivity index (χ4v) is 4.74. The van der Waals surface area contributed by atoms with E-state index in [-0.39, 0.29) is 28.6 Å². The van der Waals surface area contributed by atoms with Crippen LogP contribution in [0.15, 0.2) is 24.3 Å². The van der Waals surface area contributed by atoms with Crippen LogP contribution in [0.4, 0.5) is 0 Å². The van der Waals surface area contributed by atoms with Crippen LogP contribution in [0.5, 0.6) is 11.5 Å². The molecule has 1 aliphatic carbocycles. The van der Waals surface area contributed by atoms with E-state index in [2.05, 4.69) is 52.8 Å². The Labute approximate surface area is 163 Å². The average Bonchev–Trinajstić information content (AvgIpc) is 2.57. The molecule has 1 fully saturated rings. The molecule has 2 aliphatic rings. The van der Waals surface area contributed by atoms with Gasteiger partial charge in [0.25, 0.3) is 0 Å². The number of Topliss-reactive ketones (excluding diaryl/α,β-unsaturated/α-hetero) is 1. The second kappa shape index (κ2) is 7.33. The molecular weight excluding hydrogens is 336 g/mol. The number of ketones is 1. The molecule has 0 amide bonds. The lowest BCUT2D eigenvalue weighted by Crippen LogP contribution is -2.47. The minimum absolute atomic E-state index is 0.0576. The Morgan fingerprint density at radius 2 is 2.07 bits per heavy atom. The molecule has 0 bridgehead atoms. The second-order valence-electron chi connectivity index (χ2n) is 9.37. The SMILES string of the molecule is CCCC/C=C\C(C)(C)c1cc(O)c2c(c1)OC(C)(C)[C@@H]1CCC(=O)C[C@@H]21. The minimum atomic E-state index is -0.329. The fraction of sp³-hybridized carbons (Fsp3) is 0.625. The molecule has 0 spiro atoms. The van der Waals surface area contributed by atoms with Gasteiger partial charge in [-0.15, -0.1) is 0 Å². The summed E-state index contributed by atoms with van der Waals surface area (Å²) >= 11 is 0. The molecule has 1 aliphatic heterocycles. The maximum absolute atomic E-state index is 12.1. The smallest absolute Gasteiger partial charge is 0.133 e. The Balaban J connectivity index is 1.98. The van der Waals surface area contributed by atoms with Crippen molar-refractivity contribution in [2.45, 2.75) is 90.1 Å². The number of hydrogen-bond acceptors (Lipinski definition) is 3. The quantitative estimate of drug-likeness (QED) is 0.508. The third-order valence-corrected chi connectivity index (χ3v) is 6.43. The van der Waals surface area contributed by atoms with Gasteiger partial charge in [0.2, 0.25) is 0 Å². The van der Waals surface area contributed by atoms with Crippen LogP contribution in [-0.2, 0) is 10.2 Å². The normalized spacial score (nSPS) is 24.4. The molecule has 3 rings (SSSR count). The molecule has 2 atom stereocenters. The van der Waals surface area contributed by atoms with Crippen molar-refractivity contribution in [1.82, 2.24) is 0 Å². The number of fused-ring (bicyclic) bond motifs is 3. The summed E-state index contributed by atoms with van der Waals surface area (Å²) in [4.78, 5) is 12.1. The standard InChI is InChI=1S/C24H34O3/c1-6-7-8-9-12-23(2,3)16-13-20(26)22-18-15-17(25)10-11-19(18)24(4,5)27-21(22)14-16/h9,12-14,18-19,26H,6-8,10-11,15H2,1-5H3/b12-9-/t18-,19-/m1/s1. The molecule has 0 aromatic heterocycles. The van der Waals surface area contributed by atoms with Crippen molar-refractivity contribution in [3.8, 4) is 11.5 Å². The molecule has 1 aromatic carbocycles. The van der Waals surface area contributed by atoms with Gasteiger partial charge in [-0.2, -0.15) is 0 Å². The summed E-state index contributed by atoms with van der Waals surface area (Å²) in [6.07, 6.45) is 9.89. The van der Waals surface area contributed by atoms with Gasteiger partial charge >= 0.3 is 0 Å². The first-order valence-corrected chi connectivity index (χ1v) is 10.4. The van der Waals surface area contributed by atoms with Crippen molar-refractivity contribution in [2.24, 2.45) is 5.92 Å². The minimum Gasteiger partial charge on any atom is -0.508 e. The van der Waals surface area contributed by atoms with E-state index in [4.69, 9.17) is 4.74 Å². The van der Waals surface area contributed by atoms with Crippen LogP contribution < -0.4 is 4.74 Å². The van der Waals surface area contributed by atoms with Crippen LogP contribution >= 0.6 is 0 Å². The lowest BCUT2D eigenvalue weighted by molar-refractivity contribution is -0.124. The van der Waals surface area contributed by atoms with Gasteiger partial charge in [-0.3, -0.25) is 4.79 Å². The van der Waals surface area contributed by atoms with Gasteiger partial charge in [0, 0.05) is 35.7 Å². The number of unbranched alkanes of at least 4 members (excludes halogenated alkanes) is 2. The van der Waals surface area contributed by atoms with Crippen molar-refractivity contribution >= 4 is 5.78 Å². The second-order valence-corrected chi connectivity index (χ2v) is 9.37. The van der Waals surface area contributed by atoms with Gasteiger partial charge in [0.1, 0.15) is 22.9 Å². The number of hydrogen-bond donors (Lipinski definition) is 1. The molecule has 1 saturated carbocycles. The summed E-state index contributed by atoms with van der Waals surface area (Å²) < 4.78 is 6.39. The molecule has 27 heavy (non-hydrogen) atoms. The summed E-state index contributed by atoms with van der Waals surface area (Å²) in [7, 11) is 0. The van der Waals surface area contributed by atoms with E-state index >= 15 is 0 Å². The zero-order valence-electron chi connectivity index (χ0n) is 17.5. The number of rotatable bonds is 5. The summed E-state index contributed by atoms with van der Waals surface area (Å²) in [6, 6.07) is 3.96. The van der Waals surface area contributed by atoms with E-state index in [0.717, 1.165) is 29.7 Å². The Morgan fingerprint density at radius 3 is 2.78 bits per heavy atom. The van der Waals surface area contributed by atoms with E-state index < -0.39 is 0 Å². The van der Waals surface area contributed by atoms with E-state index in [1.54, 1.807) is 0 Å². The number of carbonyl (C=O) groups excluding carboxylic acids is 1. The zero-order valence-corrected chi connectivity index (χ0v) is 17.5. The Hall–Kier alpha value is -1.77. The molecule has 1 aromatic rings. The Morgan fingerprint density at radius 1 is 1.33 bits per heavy atom. The Bertz CT molecular complexity index is 742. The highest BCUT2D eigenvalue weighted by atomic mass is 16.5. The molecular formula is C24H34O3. The van der Waals surface area contributed by atoms with Crippen molar-refractivity contribution < 1.29 is 14.6 Å². The summed E-state index contributed by atoms with van der Waals surface area (Å²) in [6.45, 7) is 10.8. The van der Waals surface area contributed by atoms with Crippen molar-refractivity contribution in [1.29, 1.82) is 0 Å². The average molecular weight is 371 g/mol. The fourth-order valence-electron chi connectivity index (χ4n) is 4.74. The first kappa shape index (κ1) is 20.0. The number of carbonyl (C=O) groups is 1. The van der Waals surface area contributed by atoms with Crippen LogP contribution in [0, 0.1) is 5.92 Å². The Kier molecular flexibility index (Phi) is 5.42. The van der Waals surface area contributed by atoms with Gasteiger partial charge in [-0.05, 0) is 44.4 Å². The predicted octanol–water partition coefficient (Wildman–Crippen LogP) is 6.04. The zero-order chi connectivity index (χ0) is 19.8. The maximum atomic E-state index is 12.1. The highest BCUT2D eigenvalue weighted by Gasteiger charge is 2.47. The number of ether oxygens (including phenoxy) is 1. The monoisotopic (exact) mass is 370 g/mol. The van der Waals surface area contributed by atoms with Gasteiger partial charge in [-0.25, -0.2) is 0 Å². The van der Waals surface area contributed by atoms with Crippen LogP contribution in [0.1, 0.15) is 90.2 Å². The third-order valence-electron chi connectivity index (χ3n) is 6.43. The van der Waals surface area contributed by atoms with Gasteiger partial charge in [-0.1, -0.05) is 45.8 Å². The summed E-state index contributed by atoms with van der Waals surface area (Å²) in [5, 5.41) is 10.9. The highest BCUT2D eigenvalue weighted by molar-refractivity contribution is 5.81. The molecule has 1 heterocycles. The van der Waals surface area contributed by atoms with Gasteiger partial charge in [0.05, 0.1) is 0 Å². The predicted molar refractivity (Wildman–Crippen MR) is 110 cm³/mol. The van der Waals surface area contributed by atoms with Gasteiger partial charge in [0.15, 0.2) is 0 Å². The van der Waals surface area contributed by atoms with Crippen molar-refractivity contribution in [3.63, 3.8) is 0 Å². The largest absolute Gasteiger partial charge is 0.508 e. The van der Waals surface area contributed by atoms with Gasteiger partial charge < -0.3 is 9.84 Å². The number of allylic oxidation sites excluding steroid dienone is 2. The van der Waals surface area contributed by atoms with Crippen LogP contribution in [0.2, 0.25) is 0 Å². The number of phenolic OH excluding ortho intramolecular Hbond substituents is 1. The molecule has 3 heteroatoms. The topological polar surface area (TPSA) is 46.5 Å². The first-order chi connectivity index (χ1) is 12.7. The van der Waals surface area contributed by atoms with Crippen LogP contribution in [0.25, 0.3) is 0 Å². The van der Waals surface area contributed by atoms with E-state index in [1.165, 1.54) is 12.8 Å². The molecule has 148 valence electrons. The number of aromatic hydroxyl groups is 1.